The number of halogens is 1. The molecule has 1 aliphatic rings. The third-order valence-corrected chi connectivity index (χ3v) is 4.79. The van der Waals surface area contributed by atoms with Crippen molar-refractivity contribution in [1.82, 2.24) is 9.78 Å². The maximum absolute atomic E-state index is 4.89. The molecule has 21 heavy (non-hydrogen) atoms. The fourth-order valence-electron chi connectivity index (χ4n) is 3.00. The van der Waals surface area contributed by atoms with Gasteiger partial charge in [-0.1, -0.05) is 43.7 Å². The summed E-state index contributed by atoms with van der Waals surface area (Å²) in [7, 11) is 0. The van der Waals surface area contributed by atoms with Gasteiger partial charge in [-0.15, -0.1) is 0 Å². The van der Waals surface area contributed by atoms with Gasteiger partial charge in [0.15, 0.2) is 0 Å². The smallest absolute Gasteiger partial charge is 0.139 e. The number of benzene rings is 1. The number of anilines is 1. The van der Waals surface area contributed by atoms with Crippen LogP contribution >= 0.6 is 15.9 Å². The largest absolute Gasteiger partial charge is 0.369 e. The van der Waals surface area contributed by atoms with Gasteiger partial charge in [0.1, 0.15) is 5.82 Å². The zero-order valence-electron chi connectivity index (χ0n) is 12.9. The Morgan fingerprint density at radius 3 is 2.95 bits per heavy atom. The maximum atomic E-state index is 4.89. The maximum Gasteiger partial charge on any atom is 0.139 e. The highest BCUT2D eigenvalue weighted by atomic mass is 79.9. The van der Waals surface area contributed by atoms with Crippen LogP contribution in [0.3, 0.4) is 0 Å². The second-order valence-electron chi connectivity index (χ2n) is 6.30. The van der Waals surface area contributed by atoms with Gasteiger partial charge in [0.2, 0.25) is 0 Å². The van der Waals surface area contributed by atoms with Crippen LogP contribution in [0, 0.1) is 12.8 Å². The molecule has 0 amide bonds. The molecular weight excluding hydrogens is 326 g/mol. The summed E-state index contributed by atoms with van der Waals surface area (Å²) >= 11 is 3.73. The van der Waals surface area contributed by atoms with Crippen molar-refractivity contribution in [1.29, 1.82) is 0 Å². The van der Waals surface area contributed by atoms with E-state index in [9.17, 15) is 0 Å². The first-order valence-corrected chi connectivity index (χ1v) is 8.43. The van der Waals surface area contributed by atoms with Gasteiger partial charge in [-0.3, -0.25) is 0 Å². The van der Waals surface area contributed by atoms with E-state index in [4.69, 9.17) is 5.10 Å². The van der Waals surface area contributed by atoms with E-state index in [1.165, 1.54) is 11.1 Å². The Balaban J connectivity index is 2.02. The lowest BCUT2D eigenvalue weighted by Crippen LogP contribution is -2.24. The van der Waals surface area contributed by atoms with Crippen molar-refractivity contribution in [3.8, 4) is 0 Å². The normalized spacial score (nSPS) is 17.7. The van der Waals surface area contributed by atoms with Crippen LogP contribution in [0.25, 0.3) is 0 Å². The number of nitrogens with zero attached hydrogens (tertiary/aromatic N) is 2. The number of hydrogen-bond donors (Lipinski definition) is 1. The summed E-state index contributed by atoms with van der Waals surface area (Å²) in [6.07, 6.45) is 2.08. The molecule has 1 unspecified atom stereocenters. The first kappa shape index (κ1) is 14.6. The molecule has 0 aliphatic carbocycles. The molecule has 1 aromatic heterocycles. The molecule has 2 heterocycles. The monoisotopic (exact) mass is 347 g/mol. The number of fused-ring (bicyclic) bond motifs is 1. The van der Waals surface area contributed by atoms with Crippen molar-refractivity contribution in [3.05, 3.63) is 45.6 Å². The fraction of sp³-hybridized carbons (Fsp3) is 0.471. The van der Waals surface area contributed by atoms with Gasteiger partial charge in [0, 0.05) is 6.54 Å². The molecule has 1 aliphatic heterocycles. The Labute approximate surface area is 134 Å². The summed E-state index contributed by atoms with van der Waals surface area (Å²) < 4.78 is 3.30. The Hall–Kier alpha value is -1.29. The lowest BCUT2D eigenvalue weighted by Gasteiger charge is -2.26. The van der Waals surface area contributed by atoms with Gasteiger partial charge in [0.25, 0.3) is 0 Å². The second-order valence-corrected chi connectivity index (χ2v) is 7.09. The molecule has 0 radical (unpaired) electrons. The summed E-state index contributed by atoms with van der Waals surface area (Å²) in [4.78, 5) is 0. The molecule has 112 valence electrons. The summed E-state index contributed by atoms with van der Waals surface area (Å²) in [5.74, 6) is 1.74. The Morgan fingerprint density at radius 1 is 1.43 bits per heavy atom. The number of hydrogen-bond acceptors (Lipinski definition) is 2. The van der Waals surface area contributed by atoms with Gasteiger partial charge in [-0.05, 0) is 47.2 Å². The molecule has 1 N–H and O–H groups in total. The van der Waals surface area contributed by atoms with Crippen LogP contribution in [-0.2, 0) is 6.42 Å². The quantitative estimate of drug-likeness (QED) is 0.881. The molecule has 0 saturated heterocycles. The lowest BCUT2D eigenvalue weighted by atomic mass is 10.0. The highest BCUT2D eigenvalue weighted by molar-refractivity contribution is 9.10. The van der Waals surface area contributed by atoms with Crippen molar-refractivity contribution in [2.75, 3.05) is 11.9 Å². The molecule has 2 aromatic rings. The van der Waals surface area contributed by atoms with Gasteiger partial charge in [-0.25, -0.2) is 4.68 Å². The topological polar surface area (TPSA) is 29.9 Å². The highest BCUT2D eigenvalue weighted by Crippen LogP contribution is 2.36. The minimum atomic E-state index is 0.332. The van der Waals surface area contributed by atoms with Gasteiger partial charge in [0.05, 0.1) is 16.2 Å². The molecule has 4 heteroatoms. The SMILES string of the molecule is Cc1cccc(C2CCNc3c(Br)c(CC(C)C)nn32)c1. The van der Waals surface area contributed by atoms with Crippen LogP contribution in [-0.4, -0.2) is 16.3 Å². The van der Waals surface area contributed by atoms with Crippen LogP contribution in [0.15, 0.2) is 28.7 Å². The number of aromatic nitrogens is 2. The minimum absolute atomic E-state index is 0.332. The zero-order valence-corrected chi connectivity index (χ0v) is 14.4. The standard InChI is InChI=1S/C17H22BrN3/c1-11(2)9-14-16(18)17-19-8-7-15(21(17)20-14)13-6-4-5-12(3)10-13/h4-6,10-11,15,19H,7-9H2,1-3H3. The van der Waals surface area contributed by atoms with E-state index in [1.54, 1.807) is 0 Å². The molecule has 1 atom stereocenters. The molecule has 0 fully saturated rings. The molecule has 3 rings (SSSR count). The Morgan fingerprint density at radius 2 is 2.24 bits per heavy atom. The predicted molar refractivity (Wildman–Crippen MR) is 90.9 cm³/mol. The van der Waals surface area contributed by atoms with Crippen molar-refractivity contribution in [2.45, 2.75) is 39.7 Å². The summed E-state index contributed by atoms with van der Waals surface area (Å²) in [5, 5.41) is 8.38. The molecule has 0 saturated carbocycles. The van der Waals surface area contributed by atoms with E-state index in [-0.39, 0.29) is 0 Å². The number of nitrogens with one attached hydrogen (secondary N) is 1. The van der Waals surface area contributed by atoms with Crippen molar-refractivity contribution in [3.63, 3.8) is 0 Å². The zero-order chi connectivity index (χ0) is 15.0. The van der Waals surface area contributed by atoms with E-state index in [0.29, 0.717) is 12.0 Å². The number of rotatable bonds is 3. The first-order valence-electron chi connectivity index (χ1n) is 7.63. The molecule has 1 aromatic carbocycles. The van der Waals surface area contributed by atoms with Crippen molar-refractivity contribution < 1.29 is 0 Å². The highest BCUT2D eigenvalue weighted by Gasteiger charge is 2.26. The summed E-state index contributed by atoms with van der Waals surface area (Å²) in [6.45, 7) is 7.60. The summed E-state index contributed by atoms with van der Waals surface area (Å²) in [6, 6.07) is 9.11. The average molecular weight is 348 g/mol. The number of aryl methyl sites for hydroxylation is 1. The van der Waals surface area contributed by atoms with E-state index in [1.807, 2.05) is 0 Å². The summed E-state index contributed by atoms with van der Waals surface area (Å²) in [5.41, 5.74) is 3.82. The van der Waals surface area contributed by atoms with Crippen LogP contribution in [0.5, 0.6) is 0 Å². The van der Waals surface area contributed by atoms with E-state index in [2.05, 4.69) is 71.0 Å². The van der Waals surface area contributed by atoms with Gasteiger partial charge < -0.3 is 5.32 Å². The molecule has 3 nitrogen and oxygen atoms in total. The van der Waals surface area contributed by atoms with Crippen molar-refractivity contribution in [2.24, 2.45) is 5.92 Å². The average Bonchev–Trinajstić information content (AvgIpc) is 2.75. The fourth-order valence-corrected chi connectivity index (χ4v) is 3.56. The Kier molecular flexibility index (Phi) is 4.07. The third-order valence-electron chi connectivity index (χ3n) is 3.95. The second kappa shape index (κ2) is 5.84. The molecular formula is C17H22BrN3. The minimum Gasteiger partial charge on any atom is -0.369 e. The predicted octanol–water partition coefficient (Wildman–Crippen LogP) is 4.56. The van der Waals surface area contributed by atoms with Crippen molar-refractivity contribution >= 4 is 21.7 Å². The van der Waals surface area contributed by atoms with Crippen LogP contribution < -0.4 is 5.32 Å². The van der Waals surface area contributed by atoms with Crippen LogP contribution in [0.1, 0.15) is 43.1 Å². The van der Waals surface area contributed by atoms with Crippen LogP contribution in [0.4, 0.5) is 5.82 Å². The van der Waals surface area contributed by atoms with E-state index >= 15 is 0 Å². The van der Waals surface area contributed by atoms with Gasteiger partial charge in [-0.2, -0.15) is 5.10 Å². The molecule has 0 bridgehead atoms. The van der Waals surface area contributed by atoms with E-state index < -0.39 is 0 Å². The lowest BCUT2D eigenvalue weighted by molar-refractivity contribution is 0.474. The Bertz CT molecular complexity index is 645. The van der Waals surface area contributed by atoms with Gasteiger partial charge >= 0.3 is 0 Å². The van der Waals surface area contributed by atoms with E-state index in [0.717, 1.165) is 35.4 Å². The third kappa shape index (κ3) is 2.86. The van der Waals surface area contributed by atoms with Crippen LogP contribution in [0.2, 0.25) is 0 Å². The first-order chi connectivity index (χ1) is 10.1. The molecule has 0 spiro atoms.